The van der Waals surface area contributed by atoms with Gasteiger partial charge in [-0.25, -0.2) is 0 Å². The molecule has 0 radical (unpaired) electrons. The molecule has 1 heterocycles. The van der Waals surface area contributed by atoms with Crippen molar-refractivity contribution in [1.82, 2.24) is 4.90 Å². The Bertz CT molecular complexity index is 757. The highest BCUT2D eigenvalue weighted by molar-refractivity contribution is 6.31. The molecule has 0 spiro atoms. The Balaban J connectivity index is 1.51. The number of hydrogen-bond acceptors (Lipinski definition) is 1. The van der Waals surface area contributed by atoms with E-state index in [1.54, 1.807) is 0 Å². The van der Waals surface area contributed by atoms with E-state index in [-0.39, 0.29) is 11.9 Å². The monoisotopic (exact) mass is 339 g/mol. The van der Waals surface area contributed by atoms with Crippen molar-refractivity contribution in [3.63, 3.8) is 0 Å². The lowest BCUT2D eigenvalue weighted by Crippen LogP contribution is -2.31. The summed E-state index contributed by atoms with van der Waals surface area (Å²) in [5.74, 6) is 0.653. The first-order chi connectivity index (χ1) is 11.7. The van der Waals surface area contributed by atoms with E-state index < -0.39 is 0 Å². The number of hydrogen-bond donors (Lipinski definition) is 0. The molecule has 1 amide bonds. The Kier molecular flexibility index (Phi) is 4.32. The molecule has 2 atom stereocenters. The van der Waals surface area contributed by atoms with Crippen LogP contribution in [0, 0.1) is 0 Å². The minimum Gasteiger partial charge on any atom is -0.336 e. The van der Waals surface area contributed by atoms with E-state index in [9.17, 15) is 4.79 Å². The van der Waals surface area contributed by atoms with E-state index in [0.717, 1.165) is 42.8 Å². The summed E-state index contributed by atoms with van der Waals surface area (Å²) in [4.78, 5) is 15.0. The number of carbonyl (C=O) groups excluding carboxylic acids is 1. The van der Waals surface area contributed by atoms with Crippen molar-refractivity contribution in [1.29, 1.82) is 0 Å². The maximum Gasteiger partial charge on any atom is 0.223 e. The van der Waals surface area contributed by atoms with Crippen LogP contribution in [-0.4, -0.2) is 17.4 Å². The Morgan fingerprint density at radius 1 is 1.04 bits per heavy atom. The van der Waals surface area contributed by atoms with Crippen LogP contribution in [0.15, 0.2) is 48.5 Å². The highest BCUT2D eigenvalue weighted by Gasteiger charge is 2.33. The van der Waals surface area contributed by atoms with Gasteiger partial charge in [0.2, 0.25) is 5.91 Å². The summed E-state index contributed by atoms with van der Waals surface area (Å²) < 4.78 is 0. The zero-order valence-electron chi connectivity index (χ0n) is 13.7. The van der Waals surface area contributed by atoms with Crippen LogP contribution in [0.1, 0.15) is 54.3 Å². The topological polar surface area (TPSA) is 20.3 Å². The fourth-order valence-corrected chi connectivity index (χ4v) is 4.58. The Morgan fingerprint density at radius 2 is 1.79 bits per heavy atom. The number of carbonyl (C=O) groups is 1. The predicted octanol–water partition coefficient (Wildman–Crippen LogP) is 5.12. The molecular formula is C21H22ClNO. The summed E-state index contributed by atoms with van der Waals surface area (Å²) in [6.45, 7) is 0.850. The van der Waals surface area contributed by atoms with E-state index in [0.29, 0.717) is 12.3 Å². The highest BCUT2D eigenvalue weighted by Crippen LogP contribution is 2.39. The molecule has 124 valence electrons. The van der Waals surface area contributed by atoms with Gasteiger partial charge in [-0.05, 0) is 54.4 Å². The number of nitrogens with zero attached hydrogens (tertiary/aromatic N) is 1. The van der Waals surface area contributed by atoms with Crippen LogP contribution in [0.25, 0.3) is 0 Å². The molecule has 0 bridgehead atoms. The molecule has 0 aromatic heterocycles. The Morgan fingerprint density at radius 3 is 2.62 bits per heavy atom. The minimum atomic E-state index is 0.142. The minimum absolute atomic E-state index is 0.142. The molecule has 0 N–H and O–H groups in total. The zero-order chi connectivity index (χ0) is 16.5. The van der Waals surface area contributed by atoms with Crippen LogP contribution >= 0.6 is 11.6 Å². The van der Waals surface area contributed by atoms with Crippen molar-refractivity contribution < 1.29 is 4.79 Å². The van der Waals surface area contributed by atoms with Gasteiger partial charge in [-0.3, -0.25) is 4.79 Å². The van der Waals surface area contributed by atoms with Crippen LogP contribution in [0.2, 0.25) is 5.02 Å². The van der Waals surface area contributed by atoms with E-state index in [1.165, 1.54) is 11.1 Å². The van der Waals surface area contributed by atoms with Crippen LogP contribution < -0.4 is 0 Å². The number of aryl methyl sites for hydroxylation is 1. The maximum absolute atomic E-state index is 13.0. The molecule has 1 fully saturated rings. The van der Waals surface area contributed by atoms with Gasteiger partial charge in [-0.2, -0.15) is 0 Å². The summed E-state index contributed by atoms with van der Waals surface area (Å²) in [5, 5.41) is 0.772. The molecule has 0 saturated carbocycles. The first-order valence-electron chi connectivity index (χ1n) is 8.86. The lowest BCUT2D eigenvalue weighted by molar-refractivity contribution is -0.132. The fourth-order valence-electron chi connectivity index (χ4n) is 4.32. The second kappa shape index (κ2) is 6.60. The molecule has 2 unspecified atom stereocenters. The third-order valence-electron chi connectivity index (χ3n) is 5.52. The van der Waals surface area contributed by atoms with Gasteiger partial charge >= 0.3 is 0 Å². The Labute approximate surface area is 148 Å². The number of rotatable bonds is 3. The SMILES string of the molecule is O=C(CC1CCc2ccccc21)N1CCCC1c1ccccc1Cl. The van der Waals surface area contributed by atoms with Crippen LogP contribution in [0.4, 0.5) is 0 Å². The van der Waals surface area contributed by atoms with Crippen molar-refractivity contribution >= 4 is 17.5 Å². The van der Waals surface area contributed by atoms with Gasteiger partial charge in [0.05, 0.1) is 6.04 Å². The van der Waals surface area contributed by atoms with Gasteiger partial charge in [-0.15, -0.1) is 0 Å². The van der Waals surface area contributed by atoms with E-state index in [2.05, 4.69) is 35.2 Å². The van der Waals surface area contributed by atoms with Crippen molar-refractivity contribution in [3.8, 4) is 0 Å². The molecule has 4 rings (SSSR count). The van der Waals surface area contributed by atoms with Gasteiger partial charge in [0.15, 0.2) is 0 Å². The summed E-state index contributed by atoms with van der Waals surface area (Å²) >= 11 is 6.37. The Hall–Kier alpha value is -1.80. The average Bonchev–Trinajstić information content (AvgIpc) is 3.23. The van der Waals surface area contributed by atoms with Gasteiger partial charge in [0.1, 0.15) is 0 Å². The fraction of sp³-hybridized carbons (Fsp3) is 0.381. The smallest absolute Gasteiger partial charge is 0.223 e. The first kappa shape index (κ1) is 15.7. The summed E-state index contributed by atoms with van der Waals surface area (Å²) in [6.07, 6.45) is 4.88. The normalized spacial score (nSPS) is 22.6. The van der Waals surface area contributed by atoms with Gasteiger partial charge < -0.3 is 4.90 Å². The molecule has 2 aromatic carbocycles. The third-order valence-corrected chi connectivity index (χ3v) is 5.86. The molecule has 2 aromatic rings. The van der Waals surface area contributed by atoms with E-state index in [1.807, 2.05) is 18.2 Å². The first-order valence-corrected chi connectivity index (χ1v) is 9.23. The summed E-state index contributed by atoms with van der Waals surface area (Å²) in [6, 6.07) is 16.6. The summed E-state index contributed by atoms with van der Waals surface area (Å²) in [5.41, 5.74) is 3.88. The quantitative estimate of drug-likeness (QED) is 0.759. The molecular weight excluding hydrogens is 318 g/mol. The van der Waals surface area contributed by atoms with E-state index in [4.69, 9.17) is 11.6 Å². The molecule has 2 nitrogen and oxygen atoms in total. The van der Waals surface area contributed by atoms with Gasteiger partial charge in [0, 0.05) is 18.0 Å². The highest BCUT2D eigenvalue weighted by atomic mass is 35.5. The molecule has 1 saturated heterocycles. The third kappa shape index (κ3) is 2.84. The maximum atomic E-state index is 13.0. The molecule has 1 aliphatic heterocycles. The number of halogens is 1. The summed E-state index contributed by atoms with van der Waals surface area (Å²) in [7, 11) is 0. The predicted molar refractivity (Wildman–Crippen MR) is 97.3 cm³/mol. The standard InChI is InChI=1S/C21H22ClNO/c22-19-9-4-3-8-18(19)20-10-5-13-23(20)21(24)14-16-12-11-15-6-1-2-7-17(15)16/h1-4,6-9,16,20H,5,10-14H2. The second-order valence-corrected chi connectivity index (χ2v) is 7.31. The second-order valence-electron chi connectivity index (χ2n) is 6.91. The molecule has 1 aliphatic carbocycles. The van der Waals surface area contributed by atoms with Gasteiger partial charge in [0.25, 0.3) is 0 Å². The van der Waals surface area contributed by atoms with Crippen LogP contribution in [0.5, 0.6) is 0 Å². The van der Waals surface area contributed by atoms with Gasteiger partial charge in [-0.1, -0.05) is 54.1 Å². The largest absolute Gasteiger partial charge is 0.336 e. The zero-order valence-corrected chi connectivity index (χ0v) is 14.5. The lowest BCUT2D eigenvalue weighted by Gasteiger charge is -2.27. The van der Waals surface area contributed by atoms with Crippen molar-refractivity contribution in [2.75, 3.05) is 6.54 Å². The van der Waals surface area contributed by atoms with Crippen LogP contribution in [0.3, 0.4) is 0 Å². The molecule has 3 heteroatoms. The molecule has 24 heavy (non-hydrogen) atoms. The lowest BCUT2D eigenvalue weighted by atomic mass is 9.96. The number of benzene rings is 2. The van der Waals surface area contributed by atoms with Crippen LogP contribution in [-0.2, 0) is 11.2 Å². The number of amides is 1. The van der Waals surface area contributed by atoms with Crippen molar-refractivity contribution in [2.24, 2.45) is 0 Å². The van der Waals surface area contributed by atoms with Crippen molar-refractivity contribution in [3.05, 3.63) is 70.2 Å². The van der Waals surface area contributed by atoms with Crippen molar-refractivity contribution in [2.45, 2.75) is 44.1 Å². The number of fused-ring (bicyclic) bond motifs is 1. The molecule has 2 aliphatic rings. The number of likely N-dealkylation sites (tertiary alicyclic amines) is 1. The average molecular weight is 340 g/mol. The van der Waals surface area contributed by atoms with E-state index >= 15 is 0 Å².